The Hall–Kier alpha value is -6.91. The fourth-order valence-electron chi connectivity index (χ4n) is 7.16. The van der Waals surface area contributed by atoms with E-state index in [4.69, 9.17) is 19.4 Å². The third kappa shape index (κ3) is 5.13. The molecule has 10 aromatic rings. The Balaban J connectivity index is 1.18. The molecule has 2 heterocycles. The van der Waals surface area contributed by atoms with E-state index in [0.29, 0.717) is 17.5 Å². The third-order valence-electron chi connectivity index (χ3n) is 9.71. The highest BCUT2D eigenvalue weighted by Crippen LogP contribution is 2.38. The number of hydrogen-bond acceptors (Lipinski definition) is 4. The third-order valence-corrected chi connectivity index (χ3v) is 9.71. The van der Waals surface area contributed by atoms with Crippen molar-refractivity contribution >= 4 is 43.5 Å². The monoisotopic (exact) mass is 651 g/mol. The molecule has 0 aliphatic heterocycles. The lowest BCUT2D eigenvalue weighted by atomic mass is 9.96. The molecule has 0 spiro atoms. The molecule has 0 saturated heterocycles. The van der Waals surface area contributed by atoms with Gasteiger partial charge in [0.15, 0.2) is 17.5 Å². The quantitative estimate of drug-likeness (QED) is 0.186. The minimum absolute atomic E-state index is 0.559. The normalized spacial score (nSPS) is 11.5. The van der Waals surface area contributed by atoms with Gasteiger partial charge in [-0.2, -0.15) is 0 Å². The van der Waals surface area contributed by atoms with E-state index in [9.17, 15) is 0 Å². The summed E-state index contributed by atoms with van der Waals surface area (Å²) in [6.45, 7) is 0. The minimum atomic E-state index is 0.559. The highest BCUT2D eigenvalue weighted by atomic mass is 16.3. The summed E-state index contributed by atoms with van der Waals surface area (Å²) < 4.78 is 6.47. The largest absolute Gasteiger partial charge is 0.455 e. The van der Waals surface area contributed by atoms with Gasteiger partial charge in [-0.25, -0.2) is 15.0 Å². The van der Waals surface area contributed by atoms with E-state index < -0.39 is 0 Å². The van der Waals surface area contributed by atoms with E-state index in [-0.39, 0.29) is 0 Å². The van der Waals surface area contributed by atoms with Crippen molar-refractivity contribution in [2.24, 2.45) is 0 Å². The van der Waals surface area contributed by atoms with Gasteiger partial charge in [0.1, 0.15) is 11.2 Å². The number of nitrogens with zero attached hydrogens (tertiary/aromatic N) is 3. The SMILES string of the molecule is c1cc(-c2ccc3ccccc3c2)cc(-c2nc(-c3ccccc3-c3ccc4ccccc4c3)nc(-c3cccc4c3oc3ccccc34)n2)c1. The molecule has 8 aromatic carbocycles. The molecular formula is C47H29N3O. The molecule has 0 amide bonds. The van der Waals surface area contributed by atoms with Gasteiger partial charge >= 0.3 is 0 Å². The van der Waals surface area contributed by atoms with Crippen LogP contribution in [-0.4, -0.2) is 15.0 Å². The van der Waals surface area contributed by atoms with Crippen LogP contribution in [0.3, 0.4) is 0 Å². The fraction of sp³-hybridized carbons (Fsp3) is 0. The molecule has 4 heteroatoms. The number of para-hydroxylation sites is 2. The summed E-state index contributed by atoms with van der Waals surface area (Å²) in [7, 11) is 0. The predicted octanol–water partition coefficient (Wildman–Crippen LogP) is 12.4. The first-order valence-corrected chi connectivity index (χ1v) is 17.1. The first-order chi connectivity index (χ1) is 25.2. The smallest absolute Gasteiger partial charge is 0.167 e. The van der Waals surface area contributed by atoms with E-state index >= 15 is 0 Å². The van der Waals surface area contributed by atoms with Crippen LogP contribution in [-0.2, 0) is 0 Å². The highest BCUT2D eigenvalue weighted by Gasteiger charge is 2.19. The summed E-state index contributed by atoms with van der Waals surface area (Å²) in [5, 5.41) is 6.90. The molecule has 2 aromatic heterocycles. The summed E-state index contributed by atoms with van der Waals surface area (Å²) in [5.74, 6) is 1.76. The van der Waals surface area contributed by atoms with Gasteiger partial charge in [-0.15, -0.1) is 0 Å². The lowest BCUT2D eigenvalue weighted by Crippen LogP contribution is -2.01. The molecule has 0 N–H and O–H groups in total. The average molecular weight is 652 g/mol. The second kappa shape index (κ2) is 11.9. The lowest BCUT2D eigenvalue weighted by molar-refractivity contribution is 0.669. The molecule has 51 heavy (non-hydrogen) atoms. The fourth-order valence-corrected chi connectivity index (χ4v) is 7.16. The van der Waals surface area contributed by atoms with Gasteiger partial charge in [-0.05, 0) is 74.1 Å². The molecule has 10 rings (SSSR count). The van der Waals surface area contributed by atoms with Crippen molar-refractivity contribution in [2.45, 2.75) is 0 Å². The molecule has 4 nitrogen and oxygen atoms in total. The molecular weight excluding hydrogens is 623 g/mol. The molecule has 0 saturated carbocycles. The second-order valence-electron chi connectivity index (χ2n) is 12.8. The van der Waals surface area contributed by atoms with Crippen LogP contribution in [0.2, 0.25) is 0 Å². The van der Waals surface area contributed by atoms with Crippen LogP contribution in [0.5, 0.6) is 0 Å². The van der Waals surface area contributed by atoms with Crippen LogP contribution in [0.15, 0.2) is 180 Å². The Morgan fingerprint density at radius 2 is 0.843 bits per heavy atom. The van der Waals surface area contributed by atoms with Gasteiger partial charge in [0.05, 0.1) is 5.56 Å². The highest BCUT2D eigenvalue weighted by molar-refractivity contribution is 6.09. The summed E-state index contributed by atoms with van der Waals surface area (Å²) >= 11 is 0. The first-order valence-electron chi connectivity index (χ1n) is 17.1. The average Bonchev–Trinajstić information content (AvgIpc) is 3.59. The Kier molecular flexibility index (Phi) is 6.78. The van der Waals surface area contributed by atoms with E-state index in [2.05, 4.69) is 140 Å². The van der Waals surface area contributed by atoms with Gasteiger partial charge in [-0.3, -0.25) is 0 Å². The van der Waals surface area contributed by atoms with Gasteiger partial charge in [-0.1, -0.05) is 146 Å². The van der Waals surface area contributed by atoms with E-state index in [1.807, 2.05) is 36.4 Å². The summed E-state index contributed by atoms with van der Waals surface area (Å²) in [6, 6.07) is 61.2. The van der Waals surface area contributed by atoms with Crippen molar-refractivity contribution in [1.29, 1.82) is 0 Å². The number of benzene rings is 8. The van der Waals surface area contributed by atoms with Crippen LogP contribution >= 0.6 is 0 Å². The van der Waals surface area contributed by atoms with Gasteiger partial charge in [0, 0.05) is 21.9 Å². The maximum Gasteiger partial charge on any atom is 0.167 e. The Morgan fingerprint density at radius 3 is 1.65 bits per heavy atom. The second-order valence-corrected chi connectivity index (χ2v) is 12.8. The molecule has 0 bridgehead atoms. The minimum Gasteiger partial charge on any atom is -0.455 e. The van der Waals surface area contributed by atoms with Gasteiger partial charge < -0.3 is 4.42 Å². The molecule has 0 unspecified atom stereocenters. The number of fused-ring (bicyclic) bond motifs is 5. The Labute approximate surface area is 294 Å². The summed E-state index contributed by atoms with van der Waals surface area (Å²) in [5.41, 5.74) is 8.64. The molecule has 0 aliphatic carbocycles. The zero-order chi connectivity index (χ0) is 33.7. The van der Waals surface area contributed by atoms with Crippen LogP contribution < -0.4 is 0 Å². The maximum absolute atomic E-state index is 6.47. The Bertz CT molecular complexity index is 2940. The number of aromatic nitrogens is 3. The Morgan fingerprint density at radius 1 is 0.314 bits per heavy atom. The van der Waals surface area contributed by atoms with Crippen LogP contribution in [0.4, 0.5) is 0 Å². The molecule has 0 fully saturated rings. The number of hydrogen-bond donors (Lipinski definition) is 0. The van der Waals surface area contributed by atoms with Crippen molar-refractivity contribution in [2.75, 3.05) is 0 Å². The molecule has 0 aliphatic rings. The van der Waals surface area contributed by atoms with E-state index in [1.54, 1.807) is 0 Å². The van der Waals surface area contributed by atoms with Gasteiger partial charge in [0.2, 0.25) is 0 Å². The van der Waals surface area contributed by atoms with Crippen LogP contribution in [0, 0.1) is 0 Å². The van der Waals surface area contributed by atoms with Gasteiger partial charge in [0.25, 0.3) is 0 Å². The summed E-state index contributed by atoms with van der Waals surface area (Å²) in [4.78, 5) is 15.6. The first kappa shape index (κ1) is 29.0. The predicted molar refractivity (Wildman–Crippen MR) is 209 cm³/mol. The number of furan rings is 1. The molecule has 0 radical (unpaired) electrons. The van der Waals surface area contributed by atoms with Crippen LogP contribution in [0.25, 0.3) is 99.9 Å². The summed E-state index contributed by atoms with van der Waals surface area (Å²) in [6.07, 6.45) is 0. The number of rotatable bonds is 5. The maximum atomic E-state index is 6.47. The topological polar surface area (TPSA) is 51.8 Å². The zero-order valence-corrected chi connectivity index (χ0v) is 27.5. The molecule has 0 atom stereocenters. The van der Waals surface area contributed by atoms with E-state index in [1.165, 1.54) is 21.5 Å². The van der Waals surface area contributed by atoms with Crippen molar-refractivity contribution < 1.29 is 4.42 Å². The standard InChI is InChI=1S/C47H29N3O/c1-3-13-32-27-35(25-23-30(32)11-1)34-15-9-16-37(29-34)45-48-46(41-19-6-5-17-38(41)36-26-24-31-12-2-4-14-33(31)28-36)50-47(49-45)42-21-10-20-40-39-18-7-8-22-43(39)51-44(40)42/h1-29H. The van der Waals surface area contributed by atoms with E-state index in [0.717, 1.165) is 60.9 Å². The van der Waals surface area contributed by atoms with Crippen LogP contribution in [0.1, 0.15) is 0 Å². The lowest BCUT2D eigenvalue weighted by Gasteiger charge is -2.13. The molecule has 238 valence electrons. The van der Waals surface area contributed by atoms with Crippen molar-refractivity contribution in [3.8, 4) is 56.4 Å². The van der Waals surface area contributed by atoms with Crippen molar-refractivity contribution in [1.82, 2.24) is 15.0 Å². The van der Waals surface area contributed by atoms with Crippen molar-refractivity contribution in [3.05, 3.63) is 176 Å². The zero-order valence-electron chi connectivity index (χ0n) is 27.5. The van der Waals surface area contributed by atoms with Crippen molar-refractivity contribution in [3.63, 3.8) is 0 Å².